The summed E-state index contributed by atoms with van der Waals surface area (Å²) in [5.41, 5.74) is 6.66. The van der Waals surface area contributed by atoms with Crippen molar-refractivity contribution in [2.45, 2.75) is 0 Å². The molecule has 1 nitrogen and oxygen atoms in total. The lowest BCUT2D eigenvalue weighted by atomic mass is 9.87. The fourth-order valence-corrected chi connectivity index (χ4v) is 8.49. The van der Waals surface area contributed by atoms with Gasteiger partial charge in [-0.25, -0.2) is 0 Å². The van der Waals surface area contributed by atoms with Gasteiger partial charge in [-0.1, -0.05) is 152 Å². The Bertz CT molecular complexity index is 3110. The summed E-state index contributed by atoms with van der Waals surface area (Å²) in [5.74, 6) is 0. The van der Waals surface area contributed by atoms with Gasteiger partial charge in [-0.3, -0.25) is 0 Å². The predicted octanol–water partition coefficient (Wildman–Crippen LogP) is 13.8. The van der Waals surface area contributed by atoms with Gasteiger partial charge in [0.25, 0.3) is 0 Å². The molecule has 49 heavy (non-hydrogen) atoms. The van der Waals surface area contributed by atoms with Crippen molar-refractivity contribution >= 4 is 86.6 Å². The van der Waals surface area contributed by atoms with Crippen LogP contribution >= 0.6 is 0 Å². The van der Waals surface area contributed by atoms with Crippen LogP contribution in [0.3, 0.4) is 0 Å². The van der Waals surface area contributed by atoms with Gasteiger partial charge >= 0.3 is 0 Å². The van der Waals surface area contributed by atoms with Gasteiger partial charge in [0.15, 0.2) is 0 Å². The third-order valence-electron chi connectivity index (χ3n) is 10.6. The summed E-state index contributed by atoms with van der Waals surface area (Å²) in [7, 11) is 0. The number of furan rings is 1. The highest BCUT2D eigenvalue weighted by molar-refractivity contribution is 6.33. The Morgan fingerprint density at radius 3 is 1.33 bits per heavy atom. The number of fused-ring (bicyclic) bond motifs is 15. The van der Waals surface area contributed by atoms with E-state index in [2.05, 4.69) is 170 Å². The van der Waals surface area contributed by atoms with Crippen molar-refractivity contribution < 1.29 is 4.42 Å². The summed E-state index contributed by atoms with van der Waals surface area (Å²) in [6.07, 6.45) is 0. The molecule has 0 saturated heterocycles. The first kappa shape index (κ1) is 26.6. The molecule has 0 unspecified atom stereocenters. The van der Waals surface area contributed by atoms with Gasteiger partial charge < -0.3 is 4.42 Å². The summed E-state index contributed by atoms with van der Waals surface area (Å²) in [4.78, 5) is 0. The lowest BCUT2D eigenvalue weighted by molar-refractivity contribution is 0.674. The Labute approximate surface area is 282 Å². The molecule has 0 saturated carbocycles. The zero-order valence-corrected chi connectivity index (χ0v) is 26.6. The average molecular weight is 621 g/mol. The molecule has 1 heterocycles. The van der Waals surface area contributed by atoms with Crippen LogP contribution in [0.5, 0.6) is 0 Å². The standard InChI is InChI=1S/C48H28O/c1-2-13-29(14-3-1)42-27-44-36-21-9-8-20-35(36)43(28-45(44)34-19-7-6-18-33(34)42)40-24-12-23-39-41-26-25-38-32-17-5-4-15-30(32)31-16-10-11-22-37(31)46(38)48(41)49-47(39)40/h1-28H. The maximum atomic E-state index is 7.13. The number of hydrogen-bond donors (Lipinski definition) is 0. The molecule has 0 N–H and O–H groups in total. The van der Waals surface area contributed by atoms with Gasteiger partial charge in [0.2, 0.25) is 0 Å². The van der Waals surface area contributed by atoms with Crippen molar-refractivity contribution in [1.29, 1.82) is 0 Å². The predicted molar refractivity (Wildman–Crippen MR) is 210 cm³/mol. The number of benzene rings is 10. The van der Waals surface area contributed by atoms with Crippen molar-refractivity contribution in [1.82, 2.24) is 0 Å². The van der Waals surface area contributed by atoms with Gasteiger partial charge in [0.1, 0.15) is 11.2 Å². The molecule has 10 aromatic carbocycles. The molecule has 0 atom stereocenters. The molecule has 0 radical (unpaired) electrons. The average Bonchev–Trinajstić information content (AvgIpc) is 3.57. The van der Waals surface area contributed by atoms with E-state index in [0.29, 0.717) is 0 Å². The molecule has 0 amide bonds. The van der Waals surface area contributed by atoms with E-state index in [-0.39, 0.29) is 0 Å². The molecule has 11 aromatic rings. The third kappa shape index (κ3) is 3.70. The molecule has 0 aliphatic carbocycles. The van der Waals surface area contributed by atoms with Crippen molar-refractivity contribution in [2.24, 2.45) is 0 Å². The van der Waals surface area contributed by atoms with E-state index >= 15 is 0 Å². The molecule has 0 aliphatic rings. The zero-order valence-electron chi connectivity index (χ0n) is 26.6. The molecule has 226 valence electrons. The zero-order chi connectivity index (χ0) is 32.1. The first-order valence-electron chi connectivity index (χ1n) is 16.9. The van der Waals surface area contributed by atoms with Gasteiger partial charge in [0.05, 0.1) is 0 Å². The molecular weight excluding hydrogens is 593 g/mol. The van der Waals surface area contributed by atoms with Crippen LogP contribution < -0.4 is 0 Å². The van der Waals surface area contributed by atoms with Crippen LogP contribution in [0, 0.1) is 0 Å². The van der Waals surface area contributed by atoms with Gasteiger partial charge in [0, 0.05) is 21.7 Å². The molecule has 0 spiro atoms. The molecule has 0 fully saturated rings. The smallest absolute Gasteiger partial charge is 0.143 e. The van der Waals surface area contributed by atoms with Crippen LogP contribution in [0.25, 0.3) is 109 Å². The largest absolute Gasteiger partial charge is 0.455 e. The van der Waals surface area contributed by atoms with E-state index in [9.17, 15) is 0 Å². The minimum Gasteiger partial charge on any atom is -0.455 e. The van der Waals surface area contributed by atoms with E-state index in [4.69, 9.17) is 4.42 Å². The first-order valence-corrected chi connectivity index (χ1v) is 16.9. The summed E-state index contributed by atoms with van der Waals surface area (Å²) in [6.45, 7) is 0. The Balaban J connectivity index is 1.27. The summed E-state index contributed by atoms with van der Waals surface area (Å²) in [5, 5.41) is 17.2. The quantitative estimate of drug-likeness (QED) is 0.175. The van der Waals surface area contributed by atoms with Crippen molar-refractivity contribution in [3.8, 4) is 22.3 Å². The lowest BCUT2D eigenvalue weighted by Gasteiger charge is -2.16. The lowest BCUT2D eigenvalue weighted by Crippen LogP contribution is -1.89. The highest BCUT2D eigenvalue weighted by Gasteiger charge is 2.20. The van der Waals surface area contributed by atoms with Crippen LogP contribution in [0.15, 0.2) is 174 Å². The highest BCUT2D eigenvalue weighted by atomic mass is 16.3. The molecular formula is C48H28O. The van der Waals surface area contributed by atoms with E-state index in [0.717, 1.165) is 27.5 Å². The topological polar surface area (TPSA) is 13.1 Å². The summed E-state index contributed by atoms with van der Waals surface area (Å²) >= 11 is 0. The number of para-hydroxylation sites is 1. The van der Waals surface area contributed by atoms with Crippen LogP contribution in [-0.2, 0) is 0 Å². The van der Waals surface area contributed by atoms with Crippen LogP contribution in [0.4, 0.5) is 0 Å². The van der Waals surface area contributed by atoms with Gasteiger partial charge in [-0.05, 0) is 94.1 Å². The van der Waals surface area contributed by atoms with E-state index in [1.807, 2.05) is 0 Å². The first-order chi connectivity index (χ1) is 24.3. The fourth-order valence-electron chi connectivity index (χ4n) is 8.49. The highest BCUT2D eigenvalue weighted by Crippen LogP contribution is 2.46. The van der Waals surface area contributed by atoms with E-state index in [1.54, 1.807) is 0 Å². The van der Waals surface area contributed by atoms with Crippen molar-refractivity contribution in [3.05, 3.63) is 170 Å². The monoisotopic (exact) mass is 620 g/mol. The molecule has 11 rings (SSSR count). The maximum absolute atomic E-state index is 7.13. The van der Waals surface area contributed by atoms with Crippen molar-refractivity contribution in [3.63, 3.8) is 0 Å². The minimum absolute atomic E-state index is 0.928. The minimum atomic E-state index is 0.928. The Morgan fingerprint density at radius 1 is 0.245 bits per heavy atom. The van der Waals surface area contributed by atoms with Crippen molar-refractivity contribution in [2.75, 3.05) is 0 Å². The molecule has 0 aliphatic heterocycles. The Kier molecular flexibility index (Phi) is 5.45. The fraction of sp³-hybridized carbons (Fsp3) is 0. The van der Waals surface area contributed by atoms with E-state index < -0.39 is 0 Å². The third-order valence-corrected chi connectivity index (χ3v) is 10.6. The van der Waals surface area contributed by atoms with Gasteiger partial charge in [-0.2, -0.15) is 0 Å². The Hall–Kier alpha value is -6.44. The molecule has 0 bridgehead atoms. The SMILES string of the molecule is c1ccc(-c2cc3c4ccccc4c(-c4cccc5c4oc4c5ccc5c6ccccc6c6ccccc6c54)cc3c3ccccc23)cc1. The molecule has 1 aromatic heterocycles. The summed E-state index contributed by atoms with van der Waals surface area (Å²) in [6, 6.07) is 61.9. The van der Waals surface area contributed by atoms with Crippen LogP contribution in [0.1, 0.15) is 0 Å². The summed E-state index contributed by atoms with van der Waals surface area (Å²) < 4.78 is 7.13. The normalized spacial score (nSPS) is 12.1. The number of rotatable bonds is 2. The second kappa shape index (κ2) is 10.0. The second-order valence-corrected chi connectivity index (χ2v) is 13.1. The van der Waals surface area contributed by atoms with Gasteiger partial charge in [-0.15, -0.1) is 0 Å². The Morgan fingerprint density at radius 2 is 0.673 bits per heavy atom. The van der Waals surface area contributed by atoms with Crippen LogP contribution in [-0.4, -0.2) is 0 Å². The number of hydrogen-bond acceptors (Lipinski definition) is 1. The second-order valence-electron chi connectivity index (χ2n) is 13.1. The maximum Gasteiger partial charge on any atom is 0.143 e. The van der Waals surface area contributed by atoms with E-state index in [1.165, 1.54) is 81.3 Å². The van der Waals surface area contributed by atoms with Crippen LogP contribution in [0.2, 0.25) is 0 Å². The molecule has 1 heteroatoms.